The van der Waals surface area contributed by atoms with Crippen LogP contribution in [0.25, 0.3) is 0 Å². The van der Waals surface area contributed by atoms with Crippen molar-refractivity contribution in [3.63, 3.8) is 0 Å². The lowest BCUT2D eigenvalue weighted by Crippen LogP contribution is -2.45. The minimum Gasteiger partial charge on any atom is -0.354 e. The number of carbonyl (C=O) groups is 1. The van der Waals surface area contributed by atoms with Gasteiger partial charge in [-0.05, 0) is 45.0 Å². The molecule has 0 spiro atoms. The highest BCUT2D eigenvalue weighted by molar-refractivity contribution is 7.92. The van der Waals surface area contributed by atoms with Crippen LogP contribution in [0.4, 0.5) is 5.69 Å². The van der Waals surface area contributed by atoms with Crippen molar-refractivity contribution >= 4 is 34.0 Å². The molecule has 0 unspecified atom stereocenters. The minimum atomic E-state index is -3.78. The van der Waals surface area contributed by atoms with Crippen molar-refractivity contribution in [2.75, 3.05) is 17.4 Å². The summed E-state index contributed by atoms with van der Waals surface area (Å²) in [6.07, 6.45) is 0.0378. The van der Waals surface area contributed by atoms with Gasteiger partial charge in [0.05, 0.1) is 10.6 Å². The van der Waals surface area contributed by atoms with E-state index in [1.54, 1.807) is 48.5 Å². The molecule has 0 aliphatic heterocycles. The van der Waals surface area contributed by atoms with Gasteiger partial charge in [-0.1, -0.05) is 35.9 Å². The quantitative estimate of drug-likeness (QED) is 0.680. The molecule has 8 heteroatoms. The number of halogens is 1. The van der Waals surface area contributed by atoms with E-state index in [1.165, 1.54) is 4.31 Å². The first-order chi connectivity index (χ1) is 12.6. The summed E-state index contributed by atoms with van der Waals surface area (Å²) in [6, 6.07) is 15.5. The van der Waals surface area contributed by atoms with Crippen LogP contribution in [0.15, 0.2) is 59.5 Å². The normalized spacial score (nSPS) is 11.4. The second-order valence-electron chi connectivity index (χ2n) is 7.24. The lowest BCUT2D eigenvalue weighted by molar-refractivity contribution is -0.121. The Kier molecular flexibility index (Phi) is 8.48. The van der Waals surface area contributed by atoms with Crippen LogP contribution in [0.5, 0.6) is 0 Å². The molecule has 2 aromatic carbocycles. The first-order valence-corrected chi connectivity index (χ1v) is 10.2. The number of nitrogens with zero attached hydrogens (tertiary/aromatic N) is 1. The molecule has 0 saturated heterocycles. The maximum absolute atomic E-state index is 13.1. The van der Waals surface area contributed by atoms with E-state index in [1.807, 2.05) is 26.8 Å². The molecule has 0 radical (unpaired) electrons. The highest BCUT2D eigenvalue weighted by atomic mass is 35.5. The second-order valence-corrected chi connectivity index (χ2v) is 9.10. The van der Waals surface area contributed by atoms with E-state index in [0.717, 1.165) is 5.56 Å². The smallest absolute Gasteiger partial charge is 0.264 e. The zero-order valence-corrected chi connectivity index (χ0v) is 18.0. The maximum Gasteiger partial charge on any atom is 0.264 e. The number of benzene rings is 2. The number of hydrogen-bond donors (Lipinski definition) is 2. The van der Waals surface area contributed by atoms with Gasteiger partial charge in [0.25, 0.3) is 10.0 Å². The Balaban J connectivity index is 0.00000392. The number of hydrogen-bond acceptors (Lipinski definition) is 4. The Morgan fingerprint density at radius 1 is 1.07 bits per heavy atom. The molecule has 3 N–H and O–H groups in total. The van der Waals surface area contributed by atoms with Crippen LogP contribution in [0.1, 0.15) is 25.8 Å². The summed E-state index contributed by atoms with van der Waals surface area (Å²) in [7, 11) is -3.78. The first kappa shape index (κ1) is 23.9. The van der Waals surface area contributed by atoms with Crippen molar-refractivity contribution in [1.82, 2.24) is 5.32 Å². The van der Waals surface area contributed by atoms with Crippen molar-refractivity contribution in [2.45, 2.75) is 37.6 Å². The molecule has 2 rings (SSSR count). The Hall–Kier alpha value is -2.09. The fourth-order valence-electron chi connectivity index (χ4n) is 2.44. The molecular formula is C20H28ClN3O3S. The molecule has 6 nitrogen and oxygen atoms in total. The second kappa shape index (κ2) is 9.91. The first-order valence-electron chi connectivity index (χ1n) is 8.80. The van der Waals surface area contributed by atoms with E-state index in [4.69, 9.17) is 5.73 Å². The predicted molar refractivity (Wildman–Crippen MR) is 115 cm³/mol. The fourth-order valence-corrected chi connectivity index (χ4v) is 3.90. The minimum absolute atomic E-state index is 0. The summed E-state index contributed by atoms with van der Waals surface area (Å²) in [6.45, 7) is 5.88. The molecule has 0 bridgehead atoms. The number of rotatable bonds is 8. The Labute approximate surface area is 173 Å². The lowest BCUT2D eigenvalue weighted by Gasteiger charge is -2.25. The highest BCUT2D eigenvalue weighted by Crippen LogP contribution is 2.24. The highest BCUT2D eigenvalue weighted by Gasteiger charge is 2.25. The number of carbonyl (C=O) groups excluding carboxylic acids is 1. The number of sulfonamides is 1. The van der Waals surface area contributed by atoms with Gasteiger partial charge in [0.15, 0.2) is 0 Å². The number of para-hydroxylation sites is 1. The van der Waals surface area contributed by atoms with E-state index in [9.17, 15) is 13.2 Å². The van der Waals surface area contributed by atoms with E-state index >= 15 is 0 Å². The van der Waals surface area contributed by atoms with Crippen molar-refractivity contribution < 1.29 is 13.2 Å². The van der Waals surface area contributed by atoms with Gasteiger partial charge in [0.1, 0.15) is 0 Å². The molecule has 0 aromatic heterocycles. The zero-order chi connectivity index (χ0) is 20.1. The molecular weight excluding hydrogens is 398 g/mol. The standard InChI is InChI=1S/C20H27N3O3S.ClH/c1-16-9-11-18(12-10-16)27(25,26)23(17-7-5-4-6-8-17)14-13-19(24)22-15-20(2,3)21;/h4-12H,13-15,21H2,1-3H3,(H,22,24);1H. The number of nitrogens with one attached hydrogen (secondary N) is 1. The summed E-state index contributed by atoms with van der Waals surface area (Å²) in [5, 5.41) is 2.74. The molecule has 28 heavy (non-hydrogen) atoms. The zero-order valence-electron chi connectivity index (χ0n) is 16.4. The van der Waals surface area contributed by atoms with E-state index < -0.39 is 15.6 Å². The molecule has 1 amide bonds. The summed E-state index contributed by atoms with van der Waals surface area (Å²) in [5.41, 5.74) is 6.84. The van der Waals surface area contributed by atoms with E-state index in [2.05, 4.69) is 5.32 Å². The van der Waals surface area contributed by atoms with E-state index in [-0.39, 0.29) is 36.2 Å². The largest absolute Gasteiger partial charge is 0.354 e. The lowest BCUT2D eigenvalue weighted by atomic mass is 10.1. The molecule has 154 valence electrons. The third-order valence-corrected chi connectivity index (χ3v) is 5.78. The number of aryl methyl sites for hydroxylation is 1. The summed E-state index contributed by atoms with van der Waals surface area (Å²) in [4.78, 5) is 12.3. The molecule has 0 heterocycles. The van der Waals surface area contributed by atoms with Gasteiger partial charge in [0, 0.05) is 25.0 Å². The molecule has 0 aliphatic carbocycles. The van der Waals surface area contributed by atoms with Crippen LogP contribution in [-0.4, -0.2) is 33.0 Å². The van der Waals surface area contributed by atoms with Crippen molar-refractivity contribution in [1.29, 1.82) is 0 Å². The van der Waals surface area contributed by atoms with Gasteiger partial charge in [0.2, 0.25) is 5.91 Å². The van der Waals surface area contributed by atoms with Gasteiger partial charge in [-0.3, -0.25) is 9.10 Å². The molecule has 0 saturated carbocycles. The monoisotopic (exact) mass is 425 g/mol. The molecule has 0 fully saturated rings. The maximum atomic E-state index is 13.1. The van der Waals surface area contributed by atoms with Gasteiger partial charge < -0.3 is 11.1 Å². The van der Waals surface area contributed by atoms with Gasteiger partial charge >= 0.3 is 0 Å². The average molecular weight is 426 g/mol. The number of anilines is 1. The number of nitrogens with two attached hydrogens (primary N) is 1. The third-order valence-electron chi connectivity index (χ3n) is 3.94. The third kappa shape index (κ3) is 6.82. The Morgan fingerprint density at radius 3 is 2.18 bits per heavy atom. The van der Waals surface area contributed by atoms with Crippen molar-refractivity contribution in [3.05, 3.63) is 60.2 Å². The van der Waals surface area contributed by atoms with Crippen molar-refractivity contribution in [2.24, 2.45) is 5.73 Å². The van der Waals surface area contributed by atoms with Gasteiger partial charge in [-0.25, -0.2) is 8.42 Å². The Bertz CT molecular complexity index is 864. The van der Waals surface area contributed by atoms with Crippen LogP contribution < -0.4 is 15.4 Å². The summed E-state index contributed by atoms with van der Waals surface area (Å²) in [5.74, 6) is -0.242. The van der Waals surface area contributed by atoms with Crippen LogP contribution in [0.2, 0.25) is 0 Å². The number of amides is 1. The summed E-state index contributed by atoms with van der Waals surface area (Å²) < 4.78 is 27.6. The fraction of sp³-hybridized carbons (Fsp3) is 0.350. The van der Waals surface area contributed by atoms with Crippen LogP contribution in [0, 0.1) is 6.92 Å². The van der Waals surface area contributed by atoms with Gasteiger partial charge in [-0.2, -0.15) is 0 Å². The molecule has 0 aliphatic rings. The van der Waals surface area contributed by atoms with Crippen LogP contribution in [-0.2, 0) is 14.8 Å². The summed E-state index contributed by atoms with van der Waals surface area (Å²) >= 11 is 0. The SMILES string of the molecule is Cc1ccc(S(=O)(=O)N(CCC(=O)NCC(C)(C)N)c2ccccc2)cc1.Cl. The predicted octanol–water partition coefficient (Wildman–Crippen LogP) is 2.86. The van der Waals surface area contributed by atoms with Gasteiger partial charge in [-0.15, -0.1) is 12.4 Å². The average Bonchev–Trinajstić information content (AvgIpc) is 2.60. The molecule has 2 aromatic rings. The Morgan fingerprint density at radius 2 is 1.64 bits per heavy atom. The molecule has 0 atom stereocenters. The van der Waals surface area contributed by atoms with Crippen LogP contribution in [0.3, 0.4) is 0 Å². The van der Waals surface area contributed by atoms with Crippen LogP contribution >= 0.6 is 12.4 Å². The topological polar surface area (TPSA) is 92.5 Å². The van der Waals surface area contributed by atoms with E-state index in [0.29, 0.717) is 12.2 Å². The van der Waals surface area contributed by atoms with Crippen molar-refractivity contribution in [3.8, 4) is 0 Å².